The second-order valence-corrected chi connectivity index (χ2v) is 4.88. The lowest BCUT2D eigenvalue weighted by Crippen LogP contribution is -2.50. The molecule has 2 rings (SSSR count). The van der Waals surface area contributed by atoms with E-state index in [1.165, 1.54) is 7.05 Å². The highest BCUT2D eigenvalue weighted by molar-refractivity contribution is 5.95. The minimum absolute atomic E-state index is 0.196. The molecule has 114 valence electrons. The number of hydrogen-bond acceptors (Lipinski definition) is 5. The number of phenolic OH excluding ortho intramolecular Hbond substituents is 1. The summed E-state index contributed by atoms with van der Waals surface area (Å²) >= 11 is 0. The molecule has 0 aromatic heterocycles. The third-order valence-electron chi connectivity index (χ3n) is 3.44. The van der Waals surface area contributed by atoms with E-state index in [4.69, 9.17) is 0 Å². The number of para-hydroxylation sites is 2. The van der Waals surface area contributed by atoms with Crippen LogP contribution in [0.4, 0.5) is 10.5 Å². The Balaban J connectivity index is 1.82. The van der Waals surface area contributed by atoms with E-state index >= 15 is 0 Å². The molecule has 0 aliphatic carbocycles. The second kappa shape index (κ2) is 6.94. The summed E-state index contributed by atoms with van der Waals surface area (Å²) in [5.41, 5.74) is 0.812. The zero-order chi connectivity index (χ0) is 15.2. The fourth-order valence-electron chi connectivity index (χ4n) is 2.31. The highest BCUT2D eigenvalue weighted by atomic mass is 16.3. The average Bonchev–Trinajstić information content (AvgIpc) is 2.48. The van der Waals surface area contributed by atoms with Gasteiger partial charge in [0.05, 0.1) is 12.2 Å². The highest BCUT2D eigenvalue weighted by Gasteiger charge is 2.21. The Morgan fingerprint density at radius 2 is 1.86 bits per heavy atom. The van der Waals surface area contributed by atoms with E-state index in [1.807, 2.05) is 17.0 Å². The summed E-state index contributed by atoms with van der Waals surface area (Å²) in [5, 5.41) is 14.4. The SMILES string of the molecule is CNC(=O)NC(=O)CN1CCN(c2ccccc2O)CC1. The van der Waals surface area contributed by atoms with Gasteiger partial charge in [-0.1, -0.05) is 12.1 Å². The van der Waals surface area contributed by atoms with Crippen molar-refractivity contribution in [3.05, 3.63) is 24.3 Å². The average molecular weight is 292 g/mol. The van der Waals surface area contributed by atoms with Gasteiger partial charge in [0.1, 0.15) is 5.75 Å². The molecule has 0 bridgehead atoms. The highest BCUT2D eigenvalue weighted by Crippen LogP contribution is 2.26. The van der Waals surface area contributed by atoms with Gasteiger partial charge in [0.25, 0.3) is 0 Å². The molecule has 7 nitrogen and oxygen atoms in total. The van der Waals surface area contributed by atoms with Gasteiger partial charge >= 0.3 is 6.03 Å². The fourth-order valence-corrected chi connectivity index (χ4v) is 2.31. The van der Waals surface area contributed by atoms with Crippen LogP contribution in [0.2, 0.25) is 0 Å². The number of phenols is 1. The number of nitrogens with zero attached hydrogens (tertiary/aromatic N) is 2. The number of rotatable bonds is 3. The van der Waals surface area contributed by atoms with E-state index in [0.717, 1.165) is 18.8 Å². The van der Waals surface area contributed by atoms with Gasteiger partial charge in [0.2, 0.25) is 5.91 Å². The number of piperazine rings is 1. The summed E-state index contributed by atoms with van der Waals surface area (Å²) in [6.07, 6.45) is 0. The molecule has 0 saturated carbocycles. The third-order valence-corrected chi connectivity index (χ3v) is 3.44. The number of aromatic hydroxyl groups is 1. The first-order valence-corrected chi connectivity index (χ1v) is 6.87. The Labute approximate surface area is 123 Å². The van der Waals surface area contributed by atoms with Crippen LogP contribution >= 0.6 is 0 Å². The summed E-state index contributed by atoms with van der Waals surface area (Å²) < 4.78 is 0. The Morgan fingerprint density at radius 3 is 2.48 bits per heavy atom. The summed E-state index contributed by atoms with van der Waals surface area (Å²) in [7, 11) is 1.47. The van der Waals surface area contributed by atoms with Crippen LogP contribution in [-0.2, 0) is 4.79 Å². The maximum atomic E-state index is 11.6. The van der Waals surface area contributed by atoms with E-state index < -0.39 is 6.03 Å². The smallest absolute Gasteiger partial charge is 0.321 e. The lowest BCUT2D eigenvalue weighted by atomic mass is 10.2. The third kappa shape index (κ3) is 4.09. The summed E-state index contributed by atoms with van der Waals surface area (Å²) in [5.74, 6) is -0.0475. The zero-order valence-electron chi connectivity index (χ0n) is 12.0. The molecule has 1 fully saturated rings. The normalized spacial score (nSPS) is 15.6. The van der Waals surface area contributed by atoms with Crippen LogP contribution in [0.15, 0.2) is 24.3 Å². The minimum atomic E-state index is -0.493. The van der Waals surface area contributed by atoms with Crippen molar-refractivity contribution in [1.82, 2.24) is 15.5 Å². The van der Waals surface area contributed by atoms with Crippen molar-refractivity contribution in [2.45, 2.75) is 0 Å². The van der Waals surface area contributed by atoms with Crippen LogP contribution in [0.5, 0.6) is 5.75 Å². The van der Waals surface area contributed by atoms with Crippen molar-refractivity contribution in [3.63, 3.8) is 0 Å². The monoisotopic (exact) mass is 292 g/mol. The molecule has 7 heteroatoms. The number of hydrogen-bond donors (Lipinski definition) is 3. The number of nitrogens with one attached hydrogen (secondary N) is 2. The van der Waals surface area contributed by atoms with Gasteiger partial charge in [-0.3, -0.25) is 15.0 Å². The summed E-state index contributed by atoms with van der Waals surface area (Å²) in [4.78, 5) is 26.7. The number of imide groups is 1. The number of carbonyl (C=O) groups excluding carboxylic acids is 2. The van der Waals surface area contributed by atoms with E-state index in [1.54, 1.807) is 12.1 Å². The van der Waals surface area contributed by atoms with Crippen LogP contribution in [0, 0.1) is 0 Å². The molecule has 0 unspecified atom stereocenters. The topological polar surface area (TPSA) is 84.9 Å². The van der Waals surface area contributed by atoms with Crippen LogP contribution in [0.3, 0.4) is 0 Å². The largest absolute Gasteiger partial charge is 0.506 e. The number of anilines is 1. The molecule has 0 spiro atoms. The predicted octanol–water partition coefficient (Wildman–Crippen LogP) is -0.0302. The van der Waals surface area contributed by atoms with Crippen molar-refractivity contribution in [3.8, 4) is 5.75 Å². The molecule has 1 aromatic rings. The molecule has 0 atom stereocenters. The Morgan fingerprint density at radius 1 is 1.19 bits per heavy atom. The molecule has 1 saturated heterocycles. The zero-order valence-corrected chi connectivity index (χ0v) is 12.0. The molecular formula is C14H20N4O3. The quantitative estimate of drug-likeness (QED) is 0.728. The Hall–Kier alpha value is -2.28. The van der Waals surface area contributed by atoms with Crippen LogP contribution in [-0.4, -0.2) is 61.7 Å². The Kier molecular flexibility index (Phi) is 4.99. The maximum absolute atomic E-state index is 11.6. The molecular weight excluding hydrogens is 272 g/mol. The first kappa shape index (κ1) is 15.1. The van der Waals surface area contributed by atoms with Gasteiger partial charge in [-0.25, -0.2) is 4.79 Å². The van der Waals surface area contributed by atoms with E-state index in [0.29, 0.717) is 13.1 Å². The lowest BCUT2D eigenvalue weighted by molar-refractivity contribution is -0.121. The lowest BCUT2D eigenvalue weighted by Gasteiger charge is -2.35. The molecule has 1 aliphatic heterocycles. The molecule has 1 aromatic carbocycles. The first-order chi connectivity index (χ1) is 10.1. The fraction of sp³-hybridized carbons (Fsp3) is 0.429. The minimum Gasteiger partial charge on any atom is -0.506 e. The van der Waals surface area contributed by atoms with Crippen LogP contribution in [0.25, 0.3) is 0 Å². The van der Waals surface area contributed by atoms with Gasteiger partial charge in [-0.15, -0.1) is 0 Å². The second-order valence-electron chi connectivity index (χ2n) is 4.88. The van der Waals surface area contributed by atoms with Gasteiger partial charge < -0.3 is 15.3 Å². The summed E-state index contributed by atoms with van der Waals surface area (Å²) in [6, 6.07) is 6.73. The molecule has 0 radical (unpaired) electrons. The molecule has 21 heavy (non-hydrogen) atoms. The van der Waals surface area contributed by atoms with Crippen molar-refractivity contribution >= 4 is 17.6 Å². The molecule has 3 amide bonds. The van der Waals surface area contributed by atoms with Gasteiger partial charge in [0, 0.05) is 33.2 Å². The Bertz CT molecular complexity index is 513. The number of benzene rings is 1. The van der Waals surface area contributed by atoms with Crippen molar-refractivity contribution < 1.29 is 14.7 Å². The summed E-state index contributed by atoms with van der Waals surface area (Å²) in [6.45, 7) is 3.06. The standard InChI is InChI=1S/C14H20N4O3/c1-15-14(21)16-13(20)10-17-6-8-18(9-7-17)11-4-2-3-5-12(11)19/h2-5,19H,6-10H2,1H3,(H2,15,16,20,21). The van der Waals surface area contributed by atoms with Gasteiger partial charge in [0.15, 0.2) is 0 Å². The first-order valence-electron chi connectivity index (χ1n) is 6.87. The van der Waals surface area contributed by atoms with Crippen LogP contribution < -0.4 is 15.5 Å². The predicted molar refractivity (Wildman–Crippen MR) is 79.4 cm³/mol. The van der Waals surface area contributed by atoms with E-state index in [9.17, 15) is 14.7 Å². The van der Waals surface area contributed by atoms with E-state index in [-0.39, 0.29) is 18.2 Å². The van der Waals surface area contributed by atoms with Crippen molar-refractivity contribution in [2.24, 2.45) is 0 Å². The molecule has 1 heterocycles. The maximum Gasteiger partial charge on any atom is 0.321 e. The van der Waals surface area contributed by atoms with Gasteiger partial charge in [-0.2, -0.15) is 0 Å². The van der Waals surface area contributed by atoms with Crippen molar-refractivity contribution in [2.75, 3.05) is 44.7 Å². The molecule has 3 N–H and O–H groups in total. The van der Waals surface area contributed by atoms with Crippen LogP contribution in [0.1, 0.15) is 0 Å². The number of amides is 3. The van der Waals surface area contributed by atoms with Gasteiger partial charge in [-0.05, 0) is 12.1 Å². The molecule has 1 aliphatic rings. The van der Waals surface area contributed by atoms with E-state index in [2.05, 4.69) is 15.5 Å². The number of urea groups is 1. The number of carbonyl (C=O) groups is 2. The van der Waals surface area contributed by atoms with Crippen molar-refractivity contribution in [1.29, 1.82) is 0 Å².